The molecule has 0 fully saturated rings. The Hall–Kier alpha value is -0.900. The number of carbonyl (C=O) groups excluding carboxylic acids is 1. The van der Waals surface area contributed by atoms with Gasteiger partial charge in [0.15, 0.2) is 0 Å². The molecule has 3 nitrogen and oxygen atoms in total. The highest BCUT2D eigenvalue weighted by molar-refractivity contribution is 7.11. The number of hydrogen-bond acceptors (Lipinski definition) is 4. The molecule has 4 heteroatoms. The van der Waals surface area contributed by atoms with Crippen LogP contribution in [-0.2, 0) is 11.2 Å². The Morgan fingerprint density at radius 3 is 2.92 bits per heavy atom. The maximum Gasteiger partial charge on any atom is 0.367 e. The van der Waals surface area contributed by atoms with Crippen LogP contribution in [0.3, 0.4) is 0 Å². The number of esters is 1. The Bertz CT molecular complexity index is 294. The average molecular weight is 199 g/mol. The van der Waals surface area contributed by atoms with Gasteiger partial charge in [-0.15, -0.1) is 11.3 Å². The third-order valence-corrected chi connectivity index (χ3v) is 2.40. The predicted octanol–water partition coefficient (Wildman–Crippen LogP) is 2.13. The van der Waals surface area contributed by atoms with Crippen molar-refractivity contribution in [1.82, 2.24) is 4.98 Å². The van der Waals surface area contributed by atoms with Gasteiger partial charge in [0.25, 0.3) is 0 Å². The summed E-state index contributed by atoms with van der Waals surface area (Å²) in [5, 5.41) is 2.35. The second-order valence-electron chi connectivity index (χ2n) is 3.23. The summed E-state index contributed by atoms with van der Waals surface area (Å²) in [6, 6.07) is 0. The van der Waals surface area contributed by atoms with E-state index in [2.05, 4.69) is 23.6 Å². The molecule has 1 aromatic heterocycles. The van der Waals surface area contributed by atoms with Crippen LogP contribution in [0.5, 0.6) is 0 Å². The fourth-order valence-corrected chi connectivity index (χ4v) is 1.75. The van der Waals surface area contributed by atoms with E-state index in [1.54, 1.807) is 0 Å². The lowest BCUT2D eigenvalue weighted by atomic mass is 10.1. The van der Waals surface area contributed by atoms with E-state index in [1.807, 2.05) is 5.38 Å². The number of hydrogen-bond donors (Lipinski definition) is 0. The van der Waals surface area contributed by atoms with Crippen molar-refractivity contribution < 1.29 is 9.53 Å². The molecule has 0 aliphatic heterocycles. The van der Waals surface area contributed by atoms with Crippen LogP contribution in [0.4, 0.5) is 0 Å². The molecular weight excluding hydrogens is 186 g/mol. The van der Waals surface area contributed by atoms with Gasteiger partial charge in [-0.25, -0.2) is 9.78 Å². The molecule has 0 N–H and O–H groups in total. The van der Waals surface area contributed by atoms with E-state index in [1.165, 1.54) is 18.4 Å². The van der Waals surface area contributed by atoms with Crippen LogP contribution in [0, 0.1) is 5.92 Å². The minimum atomic E-state index is -0.347. The Morgan fingerprint density at radius 2 is 2.38 bits per heavy atom. The molecule has 0 saturated heterocycles. The number of rotatable bonds is 3. The first-order valence-corrected chi connectivity index (χ1v) is 5.04. The summed E-state index contributed by atoms with van der Waals surface area (Å²) >= 11 is 1.34. The molecular formula is C9H13NO2S. The Labute approximate surface area is 81.8 Å². The lowest BCUT2D eigenvalue weighted by Gasteiger charge is -1.98. The molecule has 0 bridgehead atoms. The van der Waals surface area contributed by atoms with E-state index in [9.17, 15) is 4.79 Å². The molecule has 0 atom stereocenters. The SMILES string of the molecule is COC(=O)c1nc(CC(C)C)cs1. The molecule has 0 aliphatic rings. The molecule has 0 spiro atoms. The van der Waals surface area contributed by atoms with Gasteiger partial charge in [-0.3, -0.25) is 0 Å². The van der Waals surface area contributed by atoms with Crippen LogP contribution in [0.1, 0.15) is 29.3 Å². The van der Waals surface area contributed by atoms with Crippen molar-refractivity contribution in [2.24, 2.45) is 5.92 Å². The third kappa shape index (κ3) is 2.81. The zero-order chi connectivity index (χ0) is 9.84. The number of carbonyl (C=O) groups is 1. The van der Waals surface area contributed by atoms with Crippen molar-refractivity contribution in [3.05, 3.63) is 16.1 Å². The average Bonchev–Trinajstić information content (AvgIpc) is 2.50. The molecule has 0 unspecified atom stereocenters. The highest BCUT2D eigenvalue weighted by atomic mass is 32.1. The van der Waals surface area contributed by atoms with Gasteiger partial charge in [-0.2, -0.15) is 0 Å². The molecule has 1 heterocycles. The third-order valence-electron chi connectivity index (χ3n) is 1.53. The molecule has 0 saturated carbocycles. The first-order chi connectivity index (χ1) is 6.13. The second kappa shape index (κ2) is 4.37. The van der Waals surface area contributed by atoms with E-state index >= 15 is 0 Å². The molecule has 13 heavy (non-hydrogen) atoms. The minimum absolute atomic E-state index is 0.347. The zero-order valence-corrected chi connectivity index (χ0v) is 8.85. The van der Waals surface area contributed by atoms with E-state index in [0.29, 0.717) is 10.9 Å². The molecule has 1 aromatic rings. The number of aromatic nitrogens is 1. The topological polar surface area (TPSA) is 39.2 Å². The van der Waals surface area contributed by atoms with Gasteiger partial charge in [0.1, 0.15) is 0 Å². The van der Waals surface area contributed by atoms with Crippen molar-refractivity contribution in [3.8, 4) is 0 Å². The largest absolute Gasteiger partial charge is 0.464 e. The monoisotopic (exact) mass is 199 g/mol. The fraction of sp³-hybridized carbons (Fsp3) is 0.556. The molecule has 0 aliphatic carbocycles. The normalized spacial score (nSPS) is 10.5. The van der Waals surface area contributed by atoms with Crippen LogP contribution in [0.15, 0.2) is 5.38 Å². The zero-order valence-electron chi connectivity index (χ0n) is 8.03. The summed E-state index contributed by atoms with van der Waals surface area (Å²) in [6.45, 7) is 4.24. The van der Waals surface area contributed by atoms with Gasteiger partial charge >= 0.3 is 5.97 Å². The Balaban J connectivity index is 2.69. The van der Waals surface area contributed by atoms with Crippen molar-refractivity contribution in [3.63, 3.8) is 0 Å². The van der Waals surface area contributed by atoms with E-state index < -0.39 is 0 Å². The summed E-state index contributed by atoms with van der Waals surface area (Å²) < 4.78 is 4.56. The Morgan fingerprint density at radius 1 is 1.69 bits per heavy atom. The summed E-state index contributed by atoms with van der Waals surface area (Å²) in [4.78, 5) is 15.2. The first kappa shape index (κ1) is 10.2. The number of methoxy groups -OCH3 is 1. The van der Waals surface area contributed by atoms with Gasteiger partial charge < -0.3 is 4.74 Å². The molecule has 1 rings (SSSR count). The number of ether oxygens (including phenoxy) is 1. The van der Waals surface area contributed by atoms with Gasteiger partial charge in [-0.1, -0.05) is 13.8 Å². The molecule has 0 aromatic carbocycles. The highest BCUT2D eigenvalue weighted by Crippen LogP contribution is 2.13. The lowest BCUT2D eigenvalue weighted by Crippen LogP contribution is -2.01. The van der Waals surface area contributed by atoms with Gasteiger partial charge in [0, 0.05) is 5.38 Å². The summed E-state index contributed by atoms with van der Waals surface area (Å²) in [5.74, 6) is 0.215. The van der Waals surface area contributed by atoms with Crippen molar-refractivity contribution >= 4 is 17.3 Å². The van der Waals surface area contributed by atoms with Crippen LogP contribution < -0.4 is 0 Å². The number of nitrogens with zero attached hydrogens (tertiary/aromatic N) is 1. The van der Waals surface area contributed by atoms with E-state index in [4.69, 9.17) is 0 Å². The van der Waals surface area contributed by atoms with E-state index in [0.717, 1.165) is 12.1 Å². The van der Waals surface area contributed by atoms with Crippen LogP contribution in [0.2, 0.25) is 0 Å². The summed E-state index contributed by atoms with van der Waals surface area (Å²) in [6.07, 6.45) is 0.910. The fourth-order valence-electron chi connectivity index (χ4n) is 1.00. The standard InChI is InChI=1S/C9H13NO2S/c1-6(2)4-7-5-13-8(10-7)9(11)12-3/h5-6H,4H2,1-3H3. The van der Waals surface area contributed by atoms with Crippen molar-refractivity contribution in [2.45, 2.75) is 20.3 Å². The van der Waals surface area contributed by atoms with Crippen molar-refractivity contribution in [1.29, 1.82) is 0 Å². The maximum absolute atomic E-state index is 11.0. The predicted molar refractivity (Wildman–Crippen MR) is 52.0 cm³/mol. The number of thiazole rings is 1. The lowest BCUT2D eigenvalue weighted by molar-refractivity contribution is 0.0600. The van der Waals surface area contributed by atoms with Crippen LogP contribution in [0.25, 0.3) is 0 Å². The second-order valence-corrected chi connectivity index (χ2v) is 4.09. The van der Waals surface area contributed by atoms with Gasteiger partial charge in [0.2, 0.25) is 5.01 Å². The first-order valence-electron chi connectivity index (χ1n) is 4.16. The molecule has 72 valence electrons. The highest BCUT2D eigenvalue weighted by Gasteiger charge is 2.11. The summed E-state index contributed by atoms with van der Waals surface area (Å²) in [7, 11) is 1.37. The van der Waals surface area contributed by atoms with Gasteiger partial charge in [-0.05, 0) is 12.3 Å². The summed E-state index contributed by atoms with van der Waals surface area (Å²) in [5.41, 5.74) is 0.973. The van der Waals surface area contributed by atoms with Crippen LogP contribution in [-0.4, -0.2) is 18.1 Å². The Kier molecular flexibility index (Phi) is 3.42. The van der Waals surface area contributed by atoms with Crippen molar-refractivity contribution in [2.75, 3.05) is 7.11 Å². The maximum atomic E-state index is 11.0. The smallest absolute Gasteiger partial charge is 0.367 e. The van der Waals surface area contributed by atoms with E-state index in [-0.39, 0.29) is 5.97 Å². The van der Waals surface area contributed by atoms with Crippen LogP contribution >= 0.6 is 11.3 Å². The molecule has 0 amide bonds. The van der Waals surface area contributed by atoms with Gasteiger partial charge in [0.05, 0.1) is 12.8 Å². The minimum Gasteiger partial charge on any atom is -0.464 e. The molecule has 0 radical (unpaired) electrons. The quantitative estimate of drug-likeness (QED) is 0.700.